The molecule has 9 atom stereocenters. The monoisotopic (exact) mass is 474 g/mol. The van der Waals surface area contributed by atoms with Crippen LogP contribution in [0.1, 0.15) is 64.7 Å². The third-order valence-electron chi connectivity index (χ3n) is 7.68. The molecule has 1 heterocycles. The Morgan fingerprint density at radius 3 is 2.19 bits per heavy atom. The first-order valence-corrected chi connectivity index (χ1v) is 12.1. The molecular weight excluding hydrogens is 439 g/mol. The Morgan fingerprint density at radius 1 is 0.968 bits per heavy atom. The van der Waals surface area contributed by atoms with Crippen LogP contribution in [0.3, 0.4) is 0 Å². The van der Waals surface area contributed by atoms with Gasteiger partial charge in [0, 0.05) is 16.4 Å². The smallest absolute Gasteiger partial charge is 0.412 e. The van der Waals surface area contributed by atoms with E-state index < -0.39 is 30.1 Å². The second-order valence-electron chi connectivity index (χ2n) is 9.35. The van der Waals surface area contributed by atoms with Crippen molar-refractivity contribution in [3.8, 4) is 0 Å². The maximum absolute atomic E-state index is 15.6. The molecule has 4 rings (SSSR count). The van der Waals surface area contributed by atoms with Crippen molar-refractivity contribution in [2.45, 2.75) is 100 Å². The molecule has 31 heavy (non-hydrogen) atoms. The van der Waals surface area contributed by atoms with Gasteiger partial charge in [-0.2, -0.15) is 0 Å². The molecule has 3 nitrogen and oxygen atoms in total. The van der Waals surface area contributed by atoms with Crippen LogP contribution in [0, 0.1) is 23.7 Å². The highest BCUT2D eigenvalue weighted by Gasteiger charge is 2.57. The molecule has 0 amide bonds. The van der Waals surface area contributed by atoms with Gasteiger partial charge in [-0.05, 0) is 62.7 Å². The lowest BCUT2D eigenvalue weighted by Crippen LogP contribution is -2.45. The first-order chi connectivity index (χ1) is 13.8. The summed E-state index contributed by atoms with van der Waals surface area (Å²) >= 11 is 1.28. The molecule has 182 valence electrons. The summed E-state index contributed by atoms with van der Waals surface area (Å²) in [5, 5.41) is -0.863. The van der Waals surface area contributed by atoms with Crippen LogP contribution >= 0.6 is 11.8 Å². The van der Waals surface area contributed by atoms with E-state index in [-0.39, 0.29) is 40.4 Å². The lowest BCUT2D eigenvalue weighted by molar-refractivity contribution is -0.351. The molecule has 0 aromatic carbocycles. The molecule has 4 aliphatic rings. The van der Waals surface area contributed by atoms with E-state index in [4.69, 9.17) is 0 Å². The molecule has 1 saturated heterocycles. The number of fused-ring (bicyclic) bond motifs is 3. The van der Waals surface area contributed by atoms with E-state index in [0.717, 1.165) is 32.1 Å². The van der Waals surface area contributed by atoms with Gasteiger partial charge in [0.2, 0.25) is 0 Å². The first-order valence-electron chi connectivity index (χ1n) is 11.2. The van der Waals surface area contributed by atoms with Gasteiger partial charge >= 0.3 is 6.36 Å². The molecule has 9 heteroatoms. The van der Waals surface area contributed by atoms with Gasteiger partial charge in [-0.25, -0.2) is 8.78 Å². The summed E-state index contributed by atoms with van der Waals surface area (Å²) in [5.74, 6) is 0.673. The predicted molar refractivity (Wildman–Crippen MR) is 112 cm³/mol. The number of allylic oxidation sites excluding steroid dienone is 2. The zero-order chi connectivity index (χ0) is 20.8. The van der Waals surface area contributed by atoms with E-state index in [1.165, 1.54) is 30.2 Å². The molecule has 3 aliphatic carbocycles. The number of alkyl halides is 5. The van der Waals surface area contributed by atoms with E-state index in [0.29, 0.717) is 12.3 Å². The van der Waals surface area contributed by atoms with Crippen LogP contribution in [0.5, 0.6) is 0 Å². The highest BCUT2D eigenvalue weighted by atomic mass is 32.2. The lowest BCUT2D eigenvalue weighted by atomic mass is 9.67. The zero-order valence-corrected chi connectivity index (χ0v) is 18.7. The Kier molecular flexibility index (Phi) is 9.27. The maximum Gasteiger partial charge on any atom is 0.522 e. The summed E-state index contributed by atoms with van der Waals surface area (Å²) < 4.78 is 72.3. The first kappa shape index (κ1) is 26.9. The van der Waals surface area contributed by atoms with Gasteiger partial charge in [-0.15, -0.1) is 24.9 Å². The van der Waals surface area contributed by atoms with E-state index in [1.807, 2.05) is 0 Å². The number of ether oxygens (including phenoxy) is 1. The standard InChI is InChI=1S/C22H31F5OS.2H2O/c1-2-3-12-4-6-13(7-5-12)14-8-9-15-16-10-11-17(28-22(25,26)27)19(24)21(16)29-20(15)18(14)23;;/h6,12,14-21H,2-5,7-11H2,1H3;2*1H2. The molecule has 3 fully saturated rings. The van der Waals surface area contributed by atoms with Gasteiger partial charge in [0.05, 0.1) is 6.10 Å². The lowest BCUT2D eigenvalue weighted by Gasteiger charge is -2.40. The fourth-order valence-electron chi connectivity index (χ4n) is 6.34. The van der Waals surface area contributed by atoms with Crippen molar-refractivity contribution in [3.63, 3.8) is 0 Å². The topological polar surface area (TPSA) is 72.2 Å². The fraction of sp³-hybridized carbons (Fsp3) is 0.909. The molecule has 2 saturated carbocycles. The highest BCUT2D eigenvalue weighted by Crippen LogP contribution is 2.58. The van der Waals surface area contributed by atoms with Crippen molar-refractivity contribution >= 4 is 11.8 Å². The molecule has 0 aromatic heterocycles. The van der Waals surface area contributed by atoms with Crippen LogP contribution in [0.2, 0.25) is 0 Å². The zero-order valence-electron chi connectivity index (χ0n) is 17.8. The van der Waals surface area contributed by atoms with Crippen molar-refractivity contribution in [3.05, 3.63) is 11.6 Å². The Labute approximate surface area is 185 Å². The number of rotatable bonds is 4. The molecule has 1 aliphatic heterocycles. The quantitative estimate of drug-likeness (QED) is 0.406. The van der Waals surface area contributed by atoms with Crippen molar-refractivity contribution in [2.24, 2.45) is 23.7 Å². The number of thioether (sulfide) groups is 1. The van der Waals surface area contributed by atoms with Crippen LogP contribution in [0.15, 0.2) is 11.6 Å². The van der Waals surface area contributed by atoms with Crippen molar-refractivity contribution < 1.29 is 37.6 Å². The van der Waals surface area contributed by atoms with Crippen LogP contribution in [-0.4, -0.2) is 46.3 Å². The third-order valence-corrected chi connectivity index (χ3v) is 9.53. The summed E-state index contributed by atoms with van der Waals surface area (Å²) in [7, 11) is 0. The van der Waals surface area contributed by atoms with Gasteiger partial charge in [-0.3, -0.25) is 4.74 Å². The predicted octanol–water partition coefficient (Wildman–Crippen LogP) is 5.37. The largest absolute Gasteiger partial charge is 0.522 e. The van der Waals surface area contributed by atoms with Crippen molar-refractivity contribution in [1.82, 2.24) is 0 Å². The van der Waals surface area contributed by atoms with E-state index >= 15 is 4.39 Å². The van der Waals surface area contributed by atoms with Crippen molar-refractivity contribution in [1.29, 1.82) is 0 Å². The molecule has 0 aromatic rings. The van der Waals surface area contributed by atoms with Crippen LogP contribution in [0.25, 0.3) is 0 Å². The second kappa shape index (κ2) is 10.7. The number of halogens is 5. The molecule has 9 unspecified atom stereocenters. The summed E-state index contributed by atoms with van der Waals surface area (Å²) in [6.07, 6.45) is 0.988. The third kappa shape index (κ3) is 5.58. The second-order valence-corrected chi connectivity index (χ2v) is 10.7. The normalized spacial score (nSPS) is 42.5. The van der Waals surface area contributed by atoms with Crippen molar-refractivity contribution in [2.75, 3.05) is 0 Å². The molecule has 0 bridgehead atoms. The maximum atomic E-state index is 15.6. The molecule has 0 radical (unpaired) electrons. The van der Waals surface area contributed by atoms with E-state index in [9.17, 15) is 17.6 Å². The Bertz CT molecular complexity index is 616. The number of hydrogen-bond acceptors (Lipinski definition) is 2. The Balaban J connectivity index is 0.00000171. The van der Waals surface area contributed by atoms with Gasteiger partial charge < -0.3 is 11.0 Å². The fourth-order valence-corrected chi connectivity index (χ4v) is 8.45. The van der Waals surface area contributed by atoms with E-state index in [2.05, 4.69) is 17.7 Å². The summed E-state index contributed by atoms with van der Waals surface area (Å²) in [5.41, 5.74) is 1.23. The van der Waals surface area contributed by atoms with Gasteiger partial charge in [-0.1, -0.05) is 31.4 Å². The SMILES string of the molecule is CCCC1CC=C(C2CCC3C4CCC(OC(F)(F)F)C(F)C4SC3C2F)CC1.O.O. The van der Waals surface area contributed by atoms with Gasteiger partial charge in [0.25, 0.3) is 0 Å². The van der Waals surface area contributed by atoms with E-state index in [1.54, 1.807) is 0 Å². The molecular formula is C22H35F5O3S. The Hall–Kier alpha value is -0.380. The minimum atomic E-state index is -4.82. The molecule has 0 spiro atoms. The average Bonchev–Trinajstić information content (AvgIpc) is 3.05. The average molecular weight is 475 g/mol. The van der Waals surface area contributed by atoms with Crippen LogP contribution in [-0.2, 0) is 4.74 Å². The van der Waals surface area contributed by atoms with Crippen LogP contribution in [0.4, 0.5) is 22.0 Å². The van der Waals surface area contributed by atoms with Crippen LogP contribution < -0.4 is 0 Å². The minimum absolute atomic E-state index is 0. The Morgan fingerprint density at radius 2 is 1.61 bits per heavy atom. The summed E-state index contributed by atoms with van der Waals surface area (Å²) in [6, 6.07) is 0. The molecule has 4 N–H and O–H groups in total. The number of hydrogen-bond donors (Lipinski definition) is 0. The van der Waals surface area contributed by atoms with Gasteiger partial charge in [0.1, 0.15) is 12.3 Å². The summed E-state index contributed by atoms with van der Waals surface area (Å²) in [6.45, 7) is 2.19. The highest BCUT2D eigenvalue weighted by molar-refractivity contribution is 8.00. The summed E-state index contributed by atoms with van der Waals surface area (Å²) in [4.78, 5) is 0. The van der Waals surface area contributed by atoms with Gasteiger partial charge in [0.15, 0.2) is 0 Å². The minimum Gasteiger partial charge on any atom is -0.412 e.